The number of nitrogens with zero attached hydrogens (tertiary/aromatic N) is 3. The molecule has 4 nitrogen and oxygen atoms in total. The largest absolute Gasteiger partial charge is 0.339 e. The normalized spacial score (nSPS) is 10.3. The van der Waals surface area contributed by atoms with Crippen molar-refractivity contribution in [3.63, 3.8) is 0 Å². The monoisotopic (exact) mass is 266 g/mol. The molecule has 0 spiro atoms. The minimum atomic E-state index is 0.538. The van der Waals surface area contributed by atoms with Crippen LogP contribution >= 0.6 is 12.2 Å². The first-order valence-corrected chi connectivity index (χ1v) is 6.16. The predicted molar refractivity (Wildman–Crippen MR) is 75.9 cm³/mol. The highest BCUT2D eigenvalue weighted by Crippen LogP contribution is 2.19. The average Bonchev–Trinajstić information content (AvgIpc) is 2.48. The van der Waals surface area contributed by atoms with Gasteiger partial charge in [0.25, 0.3) is 0 Å². The number of rotatable bonds is 2. The molecule has 3 aromatic heterocycles. The van der Waals surface area contributed by atoms with Crippen LogP contribution in [0.4, 0.5) is 0 Å². The summed E-state index contributed by atoms with van der Waals surface area (Å²) in [4.78, 5) is 15.8. The smallest absolute Gasteiger partial charge is 0.140 e. The van der Waals surface area contributed by atoms with Gasteiger partial charge in [-0.15, -0.1) is 0 Å². The van der Waals surface area contributed by atoms with Crippen molar-refractivity contribution in [1.29, 1.82) is 0 Å². The highest BCUT2D eigenvalue weighted by atomic mass is 32.1. The van der Waals surface area contributed by atoms with Gasteiger partial charge in [0.05, 0.1) is 5.69 Å². The molecule has 92 valence electrons. The van der Waals surface area contributed by atoms with E-state index in [1.165, 1.54) is 0 Å². The molecule has 0 atom stereocenters. The maximum Gasteiger partial charge on any atom is 0.140 e. The first-order chi connectivity index (χ1) is 9.33. The van der Waals surface area contributed by atoms with Crippen LogP contribution in [0.3, 0.4) is 0 Å². The molecule has 0 amide bonds. The van der Waals surface area contributed by atoms with Crippen molar-refractivity contribution in [3.8, 4) is 22.6 Å². The molecule has 3 aromatic rings. The molecule has 0 aliphatic carbocycles. The molecule has 3 rings (SSSR count). The molecule has 3 heterocycles. The molecule has 0 aliphatic rings. The van der Waals surface area contributed by atoms with Crippen molar-refractivity contribution in [1.82, 2.24) is 19.9 Å². The molecule has 1 N–H and O–H groups in total. The molecular weight excluding hydrogens is 256 g/mol. The topological polar surface area (TPSA) is 54.5 Å². The molecule has 0 saturated carbocycles. The predicted octanol–water partition coefficient (Wildman–Crippen LogP) is 3.26. The van der Waals surface area contributed by atoms with E-state index >= 15 is 0 Å². The molecule has 0 saturated heterocycles. The van der Waals surface area contributed by atoms with Crippen molar-refractivity contribution < 1.29 is 0 Å². The lowest BCUT2D eigenvalue weighted by Crippen LogP contribution is -1.93. The molecule has 0 unspecified atom stereocenters. The fourth-order valence-corrected chi connectivity index (χ4v) is 1.98. The van der Waals surface area contributed by atoms with E-state index in [1.54, 1.807) is 24.8 Å². The average molecular weight is 266 g/mol. The third kappa shape index (κ3) is 2.56. The first kappa shape index (κ1) is 11.7. The molecule has 0 bridgehead atoms. The number of aromatic nitrogens is 4. The van der Waals surface area contributed by atoms with Crippen LogP contribution in [0.25, 0.3) is 22.6 Å². The van der Waals surface area contributed by atoms with Crippen LogP contribution in [0.15, 0.2) is 55.1 Å². The Hall–Kier alpha value is -2.40. The Morgan fingerprint density at radius 2 is 1.63 bits per heavy atom. The van der Waals surface area contributed by atoms with E-state index in [0.717, 1.165) is 16.8 Å². The van der Waals surface area contributed by atoms with Gasteiger partial charge in [-0.25, -0.2) is 4.98 Å². The van der Waals surface area contributed by atoms with Crippen LogP contribution in [0.2, 0.25) is 0 Å². The molecule has 0 radical (unpaired) electrons. The van der Waals surface area contributed by atoms with Gasteiger partial charge in [-0.2, -0.15) is 0 Å². The third-order valence-corrected chi connectivity index (χ3v) is 2.86. The van der Waals surface area contributed by atoms with Gasteiger partial charge in [0, 0.05) is 35.9 Å². The van der Waals surface area contributed by atoms with Crippen molar-refractivity contribution in [2.24, 2.45) is 0 Å². The highest BCUT2D eigenvalue weighted by molar-refractivity contribution is 7.71. The van der Waals surface area contributed by atoms with Crippen LogP contribution in [0, 0.1) is 4.64 Å². The van der Waals surface area contributed by atoms with Crippen LogP contribution in [-0.2, 0) is 0 Å². The van der Waals surface area contributed by atoms with E-state index in [4.69, 9.17) is 12.2 Å². The van der Waals surface area contributed by atoms with Gasteiger partial charge in [-0.1, -0.05) is 12.2 Å². The van der Waals surface area contributed by atoms with E-state index in [1.807, 2.05) is 30.3 Å². The first-order valence-electron chi connectivity index (χ1n) is 5.75. The lowest BCUT2D eigenvalue weighted by molar-refractivity contribution is 1.15. The summed E-state index contributed by atoms with van der Waals surface area (Å²) in [6.45, 7) is 0. The molecular formula is C14H10N4S. The van der Waals surface area contributed by atoms with Gasteiger partial charge in [-0.05, 0) is 30.3 Å². The zero-order chi connectivity index (χ0) is 13.1. The lowest BCUT2D eigenvalue weighted by Gasteiger charge is -2.05. The number of pyridine rings is 2. The Morgan fingerprint density at radius 1 is 0.947 bits per heavy atom. The lowest BCUT2D eigenvalue weighted by atomic mass is 10.2. The second-order valence-corrected chi connectivity index (χ2v) is 4.38. The summed E-state index contributed by atoms with van der Waals surface area (Å²) in [6.07, 6.45) is 7.00. The minimum absolute atomic E-state index is 0.538. The molecule has 19 heavy (non-hydrogen) atoms. The van der Waals surface area contributed by atoms with Crippen molar-refractivity contribution in [3.05, 3.63) is 59.8 Å². The highest BCUT2D eigenvalue weighted by Gasteiger charge is 2.04. The standard InChI is InChI=1S/C14H10N4S/c19-13-7-12(10-3-1-5-15-8-10)17-14(18-13)11-4-2-6-16-9-11/h1-9H,(H,17,18,19). The molecule has 0 aliphatic heterocycles. The van der Waals surface area contributed by atoms with Crippen molar-refractivity contribution >= 4 is 12.2 Å². The van der Waals surface area contributed by atoms with E-state index < -0.39 is 0 Å². The third-order valence-electron chi connectivity index (χ3n) is 2.65. The summed E-state index contributed by atoms with van der Waals surface area (Å²) in [5.74, 6) is 0.708. The SMILES string of the molecule is S=c1cc(-c2cccnc2)[nH]c(-c2cccnc2)n1. The summed E-state index contributed by atoms with van der Waals surface area (Å²) in [5, 5.41) is 0. The zero-order valence-corrected chi connectivity index (χ0v) is 10.8. The Bertz CT molecular complexity index is 677. The molecule has 0 fully saturated rings. The summed E-state index contributed by atoms with van der Waals surface area (Å²) < 4.78 is 0.538. The fourth-order valence-electron chi connectivity index (χ4n) is 1.77. The van der Waals surface area contributed by atoms with E-state index in [-0.39, 0.29) is 0 Å². The van der Waals surface area contributed by atoms with Gasteiger partial charge in [0.2, 0.25) is 0 Å². The van der Waals surface area contributed by atoms with Gasteiger partial charge in [0.1, 0.15) is 10.5 Å². The van der Waals surface area contributed by atoms with E-state index in [9.17, 15) is 0 Å². The summed E-state index contributed by atoms with van der Waals surface area (Å²) in [7, 11) is 0. The van der Waals surface area contributed by atoms with Crippen LogP contribution in [0.1, 0.15) is 0 Å². The fraction of sp³-hybridized carbons (Fsp3) is 0. The Balaban J connectivity index is 2.15. The van der Waals surface area contributed by atoms with Gasteiger partial charge in [-0.3, -0.25) is 9.97 Å². The van der Waals surface area contributed by atoms with Gasteiger partial charge >= 0.3 is 0 Å². The number of H-pyrrole nitrogens is 1. The number of hydrogen-bond donors (Lipinski definition) is 1. The van der Waals surface area contributed by atoms with E-state index in [0.29, 0.717) is 10.5 Å². The quantitative estimate of drug-likeness (QED) is 0.723. The minimum Gasteiger partial charge on any atom is -0.339 e. The number of hydrogen-bond acceptors (Lipinski definition) is 4. The van der Waals surface area contributed by atoms with Gasteiger partial charge in [0.15, 0.2) is 0 Å². The Labute approximate surface area is 115 Å². The van der Waals surface area contributed by atoms with Crippen molar-refractivity contribution in [2.75, 3.05) is 0 Å². The molecule has 5 heteroatoms. The number of nitrogens with one attached hydrogen (secondary N) is 1. The summed E-state index contributed by atoms with van der Waals surface area (Å²) >= 11 is 5.22. The maximum absolute atomic E-state index is 5.22. The second-order valence-electron chi connectivity index (χ2n) is 3.97. The second kappa shape index (κ2) is 5.07. The molecule has 0 aromatic carbocycles. The van der Waals surface area contributed by atoms with Crippen LogP contribution in [0.5, 0.6) is 0 Å². The van der Waals surface area contributed by atoms with Crippen LogP contribution < -0.4 is 0 Å². The maximum atomic E-state index is 5.22. The van der Waals surface area contributed by atoms with Crippen molar-refractivity contribution in [2.45, 2.75) is 0 Å². The van der Waals surface area contributed by atoms with Crippen LogP contribution in [-0.4, -0.2) is 19.9 Å². The zero-order valence-electron chi connectivity index (χ0n) is 9.95. The Kier molecular flexibility index (Phi) is 3.12. The number of aromatic amines is 1. The Morgan fingerprint density at radius 3 is 2.26 bits per heavy atom. The van der Waals surface area contributed by atoms with Gasteiger partial charge < -0.3 is 4.98 Å². The summed E-state index contributed by atoms with van der Waals surface area (Å²) in [6, 6.07) is 9.49. The van der Waals surface area contributed by atoms with E-state index in [2.05, 4.69) is 19.9 Å². The summed E-state index contributed by atoms with van der Waals surface area (Å²) in [5.41, 5.74) is 2.77.